The Kier molecular flexibility index (Phi) is 8.48. The van der Waals surface area contributed by atoms with Crippen LogP contribution in [0.5, 0.6) is 5.75 Å². The molecular weight excluding hydrogens is 392 g/mol. The smallest absolute Gasteiger partial charge is 0.261 e. The van der Waals surface area contributed by atoms with Crippen molar-refractivity contribution in [3.8, 4) is 5.75 Å². The molecule has 1 heterocycles. The number of rotatable bonds is 10. The minimum absolute atomic E-state index is 0.0382. The molecule has 2 rings (SSSR count). The lowest BCUT2D eigenvalue weighted by molar-refractivity contribution is -0.139. The van der Waals surface area contributed by atoms with E-state index in [1.54, 1.807) is 19.1 Å². The van der Waals surface area contributed by atoms with E-state index in [-0.39, 0.29) is 37.3 Å². The monoisotopic (exact) mass is 418 g/mol. The fourth-order valence-electron chi connectivity index (χ4n) is 3.04. The number of hydrogen-bond acceptors (Lipinski definition) is 7. The molecule has 0 saturated carbocycles. The molecule has 0 aromatic heterocycles. The third-order valence-corrected chi connectivity index (χ3v) is 4.72. The molecule has 0 radical (unpaired) electrons. The lowest BCUT2D eigenvalue weighted by Crippen LogP contribution is -2.53. The predicted molar refractivity (Wildman–Crippen MR) is 106 cm³/mol. The molecule has 10 heteroatoms. The molecule has 162 valence electrons. The maximum atomic E-state index is 12.9. The molecule has 10 nitrogen and oxygen atoms in total. The van der Waals surface area contributed by atoms with Crippen molar-refractivity contribution >= 4 is 30.0 Å². The highest BCUT2D eigenvalue weighted by molar-refractivity contribution is 6.07. The normalized spacial score (nSPS) is 15.9. The minimum atomic E-state index is -1.06. The molecule has 0 spiro atoms. The molecule has 1 fully saturated rings. The molecular formula is C20H26N4O6. The SMILES string of the molecule is Cc1c(OCC(=O)NCCCCN)cccc1C(=O)N(C=O)C1CCC(=O)NC1=O. The molecule has 1 atom stereocenters. The zero-order chi connectivity index (χ0) is 22.1. The van der Waals surface area contributed by atoms with Gasteiger partial charge in [-0.15, -0.1) is 0 Å². The van der Waals surface area contributed by atoms with Crippen molar-refractivity contribution in [2.24, 2.45) is 5.73 Å². The van der Waals surface area contributed by atoms with Crippen molar-refractivity contribution < 1.29 is 28.7 Å². The summed E-state index contributed by atoms with van der Waals surface area (Å²) in [7, 11) is 0. The van der Waals surface area contributed by atoms with E-state index in [0.717, 1.165) is 17.7 Å². The molecule has 1 aromatic carbocycles. The van der Waals surface area contributed by atoms with E-state index in [2.05, 4.69) is 10.6 Å². The maximum absolute atomic E-state index is 12.9. The van der Waals surface area contributed by atoms with Gasteiger partial charge in [0.1, 0.15) is 11.8 Å². The molecule has 0 aliphatic carbocycles. The number of amides is 5. The van der Waals surface area contributed by atoms with E-state index in [4.69, 9.17) is 10.5 Å². The van der Waals surface area contributed by atoms with E-state index in [1.807, 2.05) is 0 Å². The van der Waals surface area contributed by atoms with Crippen molar-refractivity contribution in [1.82, 2.24) is 15.5 Å². The number of piperidine rings is 1. The third-order valence-electron chi connectivity index (χ3n) is 4.72. The third kappa shape index (κ3) is 5.86. The number of nitrogens with two attached hydrogens (primary N) is 1. The van der Waals surface area contributed by atoms with Crippen molar-refractivity contribution in [1.29, 1.82) is 0 Å². The van der Waals surface area contributed by atoms with Crippen molar-refractivity contribution in [2.45, 2.75) is 38.6 Å². The van der Waals surface area contributed by atoms with Crippen LogP contribution in [0.25, 0.3) is 0 Å². The largest absolute Gasteiger partial charge is 0.483 e. The molecule has 1 aliphatic heterocycles. The number of unbranched alkanes of at least 4 members (excludes halogenated alkanes) is 1. The number of benzene rings is 1. The van der Waals surface area contributed by atoms with Gasteiger partial charge in [-0.1, -0.05) is 6.07 Å². The lowest BCUT2D eigenvalue weighted by atomic mass is 10.0. The fourth-order valence-corrected chi connectivity index (χ4v) is 3.04. The second-order valence-electron chi connectivity index (χ2n) is 6.85. The number of ether oxygens (including phenoxy) is 1. The molecule has 5 amide bonds. The Bertz CT molecular complexity index is 826. The summed E-state index contributed by atoms with van der Waals surface area (Å²) in [5.74, 6) is -1.81. The van der Waals surface area contributed by atoms with E-state index in [9.17, 15) is 24.0 Å². The zero-order valence-corrected chi connectivity index (χ0v) is 16.8. The van der Waals surface area contributed by atoms with Gasteiger partial charge in [-0.05, 0) is 44.9 Å². The van der Waals surface area contributed by atoms with Crippen LogP contribution in [0.1, 0.15) is 41.6 Å². The van der Waals surface area contributed by atoms with Gasteiger partial charge in [0.05, 0.1) is 0 Å². The summed E-state index contributed by atoms with van der Waals surface area (Å²) in [5.41, 5.74) is 5.99. The van der Waals surface area contributed by atoms with Gasteiger partial charge in [0.25, 0.3) is 11.8 Å². The Balaban J connectivity index is 2.06. The fraction of sp³-hybridized carbons (Fsp3) is 0.450. The first-order valence-corrected chi connectivity index (χ1v) is 9.69. The van der Waals surface area contributed by atoms with Crippen LogP contribution in [-0.2, 0) is 19.2 Å². The zero-order valence-electron chi connectivity index (χ0n) is 16.8. The summed E-state index contributed by atoms with van der Waals surface area (Å²) in [6.07, 6.45) is 1.97. The van der Waals surface area contributed by atoms with E-state index in [0.29, 0.717) is 24.4 Å². The number of nitrogens with one attached hydrogen (secondary N) is 2. The first-order chi connectivity index (χ1) is 14.4. The van der Waals surface area contributed by atoms with Gasteiger partial charge < -0.3 is 15.8 Å². The number of nitrogens with zero attached hydrogens (tertiary/aromatic N) is 1. The van der Waals surface area contributed by atoms with Gasteiger partial charge in [0, 0.05) is 24.1 Å². The van der Waals surface area contributed by atoms with E-state index in [1.165, 1.54) is 6.07 Å². The number of imide groups is 2. The van der Waals surface area contributed by atoms with Gasteiger partial charge in [-0.25, -0.2) is 0 Å². The van der Waals surface area contributed by atoms with Gasteiger partial charge >= 0.3 is 0 Å². The van der Waals surface area contributed by atoms with Gasteiger partial charge in [-0.3, -0.25) is 34.2 Å². The standard InChI is InChI=1S/C20H26N4O6/c1-13-14(20(29)24(12-25)15-7-8-17(26)23-19(15)28)5-4-6-16(13)30-11-18(27)22-10-3-2-9-21/h4-6,12,15H,2-3,7-11,21H2,1H3,(H,22,27)(H,23,26,28). The van der Waals surface area contributed by atoms with Crippen LogP contribution in [0.3, 0.4) is 0 Å². The molecule has 1 aromatic rings. The van der Waals surface area contributed by atoms with Crippen molar-refractivity contribution in [2.75, 3.05) is 19.7 Å². The topological polar surface area (TPSA) is 148 Å². The summed E-state index contributed by atoms with van der Waals surface area (Å²) < 4.78 is 5.52. The number of carbonyl (C=O) groups is 5. The Morgan fingerprint density at radius 1 is 1.33 bits per heavy atom. The van der Waals surface area contributed by atoms with Gasteiger partial charge in [0.15, 0.2) is 6.61 Å². The quantitative estimate of drug-likeness (QED) is 0.267. The van der Waals surface area contributed by atoms with Crippen LogP contribution in [0.15, 0.2) is 18.2 Å². The minimum Gasteiger partial charge on any atom is -0.483 e. The van der Waals surface area contributed by atoms with Crippen LogP contribution >= 0.6 is 0 Å². The lowest BCUT2D eigenvalue weighted by Gasteiger charge is -2.28. The second kappa shape index (κ2) is 11.1. The second-order valence-corrected chi connectivity index (χ2v) is 6.85. The van der Waals surface area contributed by atoms with Crippen LogP contribution in [0.2, 0.25) is 0 Å². The molecule has 0 bridgehead atoms. The Morgan fingerprint density at radius 2 is 2.10 bits per heavy atom. The summed E-state index contributed by atoms with van der Waals surface area (Å²) in [5, 5.41) is 4.84. The Morgan fingerprint density at radius 3 is 2.77 bits per heavy atom. The van der Waals surface area contributed by atoms with Crippen molar-refractivity contribution in [3.05, 3.63) is 29.3 Å². The van der Waals surface area contributed by atoms with Crippen LogP contribution < -0.4 is 21.1 Å². The van der Waals surface area contributed by atoms with E-state index >= 15 is 0 Å². The first-order valence-electron chi connectivity index (χ1n) is 9.69. The van der Waals surface area contributed by atoms with E-state index < -0.39 is 23.8 Å². The summed E-state index contributed by atoms with van der Waals surface area (Å²) in [6.45, 7) is 2.45. The summed E-state index contributed by atoms with van der Waals surface area (Å²) >= 11 is 0. The van der Waals surface area contributed by atoms with Crippen LogP contribution in [0.4, 0.5) is 0 Å². The molecule has 4 N–H and O–H groups in total. The molecule has 1 aliphatic rings. The Labute approximate surface area is 174 Å². The molecule has 1 unspecified atom stereocenters. The van der Waals surface area contributed by atoms with Gasteiger partial charge in [-0.2, -0.15) is 0 Å². The van der Waals surface area contributed by atoms with Crippen LogP contribution in [-0.4, -0.2) is 60.7 Å². The number of hydrogen-bond donors (Lipinski definition) is 3. The predicted octanol–water partition coefficient (Wildman–Crippen LogP) is -0.367. The molecule has 30 heavy (non-hydrogen) atoms. The summed E-state index contributed by atoms with van der Waals surface area (Å²) in [6, 6.07) is 3.60. The highest BCUT2D eigenvalue weighted by atomic mass is 16.5. The maximum Gasteiger partial charge on any atom is 0.261 e. The molecule has 1 saturated heterocycles. The first kappa shape index (κ1) is 23.0. The van der Waals surface area contributed by atoms with Crippen LogP contribution in [0, 0.1) is 6.92 Å². The average molecular weight is 418 g/mol. The number of carbonyl (C=O) groups excluding carboxylic acids is 5. The average Bonchev–Trinajstić information content (AvgIpc) is 2.72. The van der Waals surface area contributed by atoms with Gasteiger partial charge in [0.2, 0.25) is 18.2 Å². The van der Waals surface area contributed by atoms with Crippen molar-refractivity contribution in [3.63, 3.8) is 0 Å². The highest BCUT2D eigenvalue weighted by Crippen LogP contribution is 2.24. The summed E-state index contributed by atoms with van der Waals surface area (Å²) in [4.78, 5) is 60.5. The highest BCUT2D eigenvalue weighted by Gasteiger charge is 2.35. The Hall–Kier alpha value is -3.27.